The molecule has 128 valence electrons. The molecule has 7 nitrogen and oxygen atoms in total. The van der Waals surface area contributed by atoms with Crippen LogP contribution in [0.1, 0.15) is 31.7 Å². The number of aromatic nitrogens is 1. The lowest BCUT2D eigenvalue weighted by Crippen LogP contribution is -2.50. The molecule has 1 aromatic rings. The smallest absolute Gasteiger partial charge is 0.337 e. The third-order valence-corrected chi connectivity index (χ3v) is 4.77. The Morgan fingerprint density at radius 3 is 3.00 bits per heavy atom. The molecule has 0 bridgehead atoms. The monoisotopic (exact) mass is 348 g/mol. The first-order valence-corrected chi connectivity index (χ1v) is 8.86. The Kier molecular flexibility index (Phi) is 4.94. The fourth-order valence-electron chi connectivity index (χ4n) is 3.05. The Morgan fingerprint density at radius 1 is 1.50 bits per heavy atom. The average Bonchev–Trinajstić information content (AvgIpc) is 3.07. The van der Waals surface area contributed by atoms with Crippen LogP contribution in [0.5, 0.6) is 0 Å². The van der Waals surface area contributed by atoms with Crippen LogP contribution in [-0.2, 0) is 14.3 Å². The molecule has 1 fully saturated rings. The third-order valence-electron chi connectivity index (χ3n) is 4.00. The second kappa shape index (κ2) is 7.12. The van der Waals surface area contributed by atoms with Crippen molar-refractivity contribution >= 4 is 29.0 Å². The summed E-state index contributed by atoms with van der Waals surface area (Å²) in [7, 11) is 0. The zero-order valence-corrected chi connectivity index (χ0v) is 14.6. The van der Waals surface area contributed by atoms with Crippen molar-refractivity contribution in [1.29, 1.82) is 0 Å². The van der Waals surface area contributed by atoms with E-state index in [1.165, 1.54) is 18.3 Å². The molecule has 3 rings (SSSR count). The van der Waals surface area contributed by atoms with Crippen molar-refractivity contribution in [2.24, 2.45) is 4.99 Å². The molecular weight excluding hydrogens is 328 g/mol. The Hall–Kier alpha value is -2.22. The molecule has 0 aromatic carbocycles. The summed E-state index contributed by atoms with van der Waals surface area (Å²) < 4.78 is 5.17. The highest BCUT2D eigenvalue weighted by atomic mass is 32.1. The number of hydrogen-bond acceptors (Lipinski definition) is 7. The van der Waals surface area contributed by atoms with Gasteiger partial charge in [-0.2, -0.15) is 0 Å². The lowest BCUT2D eigenvalue weighted by molar-refractivity contribution is -0.138. The van der Waals surface area contributed by atoms with E-state index in [-0.39, 0.29) is 17.9 Å². The van der Waals surface area contributed by atoms with E-state index < -0.39 is 0 Å². The number of esters is 1. The lowest BCUT2D eigenvalue weighted by Gasteiger charge is -2.39. The van der Waals surface area contributed by atoms with E-state index >= 15 is 0 Å². The average molecular weight is 348 g/mol. The Bertz CT molecular complexity index is 696. The third kappa shape index (κ3) is 3.33. The first-order valence-electron chi connectivity index (χ1n) is 7.98. The number of thiazole rings is 1. The molecular formula is C16H20N4O3S. The van der Waals surface area contributed by atoms with E-state index in [1.807, 2.05) is 10.3 Å². The number of carbonyl (C=O) groups is 2. The summed E-state index contributed by atoms with van der Waals surface area (Å²) in [5.74, 6) is 0.406. The van der Waals surface area contributed by atoms with Crippen molar-refractivity contribution in [1.82, 2.24) is 15.2 Å². The molecule has 0 saturated carbocycles. The number of nitrogens with one attached hydrogen (secondary N) is 1. The van der Waals surface area contributed by atoms with Gasteiger partial charge in [-0.05, 0) is 19.8 Å². The topological polar surface area (TPSA) is 83.9 Å². The number of ether oxygens (including phenoxy) is 1. The number of nitrogens with zero attached hydrogens (tertiary/aromatic N) is 3. The molecule has 1 amide bonds. The predicted molar refractivity (Wildman–Crippen MR) is 90.7 cm³/mol. The number of fused-ring (bicyclic) bond motifs is 1. The van der Waals surface area contributed by atoms with Gasteiger partial charge < -0.3 is 15.0 Å². The molecule has 0 radical (unpaired) electrons. The van der Waals surface area contributed by atoms with Crippen molar-refractivity contribution in [2.75, 3.05) is 19.7 Å². The van der Waals surface area contributed by atoms with Gasteiger partial charge in [0.1, 0.15) is 0 Å². The maximum atomic E-state index is 12.2. The Balaban J connectivity index is 1.91. The van der Waals surface area contributed by atoms with E-state index in [2.05, 4.69) is 15.3 Å². The van der Waals surface area contributed by atoms with Crippen LogP contribution in [0.3, 0.4) is 0 Å². The summed E-state index contributed by atoms with van der Waals surface area (Å²) >= 11 is 1.51. The fraction of sp³-hybridized carbons (Fsp3) is 0.500. The molecule has 1 N–H and O–H groups in total. The molecule has 8 heteroatoms. The SMILES string of the molecule is CCOC(=O)C1=C2CCC(NC(C)=O)CN2C(c2nccs2)=NC1. The zero-order valence-electron chi connectivity index (χ0n) is 13.7. The number of carbonyl (C=O) groups excluding carboxylic acids is 2. The summed E-state index contributed by atoms with van der Waals surface area (Å²) in [6, 6.07) is 0.0259. The van der Waals surface area contributed by atoms with Crippen LogP contribution < -0.4 is 5.32 Å². The van der Waals surface area contributed by atoms with Gasteiger partial charge in [0.15, 0.2) is 10.8 Å². The molecule has 1 saturated heterocycles. The van der Waals surface area contributed by atoms with E-state index in [0.29, 0.717) is 31.7 Å². The van der Waals surface area contributed by atoms with Crippen molar-refractivity contribution in [3.63, 3.8) is 0 Å². The lowest BCUT2D eigenvalue weighted by atomic mass is 9.97. The summed E-state index contributed by atoms with van der Waals surface area (Å²) in [6.45, 7) is 4.54. The van der Waals surface area contributed by atoms with Gasteiger partial charge in [-0.15, -0.1) is 11.3 Å². The molecule has 3 heterocycles. The number of aliphatic imine (C=N–C) groups is 1. The van der Waals surface area contributed by atoms with Crippen LogP contribution in [-0.4, -0.2) is 53.3 Å². The highest BCUT2D eigenvalue weighted by Gasteiger charge is 2.35. The maximum absolute atomic E-state index is 12.2. The van der Waals surface area contributed by atoms with E-state index in [0.717, 1.165) is 23.0 Å². The quantitative estimate of drug-likeness (QED) is 0.830. The number of hydrogen-bond donors (Lipinski definition) is 1. The van der Waals surface area contributed by atoms with Crippen LogP contribution in [0.4, 0.5) is 0 Å². The van der Waals surface area contributed by atoms with Crippen molar-refractivity contribution < 1.29 is 14.3 Å². The highest BCUT2D eigenvalue weighted by molar-refractivity contribution is 7.11. The van der Waals surface area contributed by atoms with Crippen LogP contribution >= 0.6 is 11.3 Å². The van der Waals surface area contributed by atoms with Gasteiger partial charge in [0.2, 0.25) is 5.91 Å². The first kappa shape index (κ1) is 16.6. The fourth-order valence-corrected chi connectivity index (χ4v) is 3.70. The number of amides is 1. The van der Waals surface area contributed by atoms with Crippen LogP contribution in [0.2, 0.25) is 0 Å². The number of amidine groups is 1. The second-order valence-corrected chi connectivity index (χ2v) is 6.56. The van der Waals surface area contributed by atoms with Gasteiger partial charge >= 0.3 is 5.97 Å². The standard InChI is InChI=1S/C16H20N4O3S/c1-3-23-16(22)12-8-18-14(15-17-6-7-24-15)20-9-11(19-10(2)21)4-5-13(12)20/h6-7,11H,3-5,8-9H2,1-2H3,(H,19,21). The molecule has 24 heavy (non-hydrogen) atoms. The summed E-state index contributed by atoms with van der Waals surface area (Å²) in [5, 5.41) is 5.68. The van der Waals surface area contributed by atoms with Gasteiger partial charge in [-0.1, -0.05) is 0 Å². The second-order valence-electron chi connectivity index (χ2n) is 5.67. The minimum atomic E-state index is -0.308. The van der Waals surface area contributed by atoms with Gasteiger partial charge in [-0.3, -0.25) is 9.79 Å². The summed E-state index contributed by atoms with van der Waals surface area (Å²) in [5.41, 5.74) is 1.55. The van der Waals surface area contributed by atoms with Gasteiger partial charge in [0.05, 0.1) is 18.7 Å². The summed E-state index contributed by atoms with van der Waals surface area (Å²) in [4.78, 5) is 34.6. The largest absolute Gasteiger partial charge is 0.463 e. The number of allylic oxidation sites excluding steroid dienone is 1. The van der Waals surface area contributed by atoms with E-state index in [9.17, 15) is 9.59 Å². The van der Waals surface area contributed by atoms with Gasteiger partial charge in [0, 0.05) is 36.8 Å². The molecule has 1 unspecified atom stereocenters. The van der Waals surface area contributed by atoms with Gasteiger partial charge in [0.25, 0.3) is 0 Å². The normalized spacial score (nSPS) is 20.3. The molecule has 0 spiro atoms. The molecule has 1 atom stereocenters. The van der Waals surface area contributed by atoms with E-state index in [1.54, 1.807) is 13.1 Å². The Morgan fingerprint density at radius 2 is 2.33 bits per heavy atom. The zero-order chi connectivity index (χ0) is 17.1. The van der Waals surface area contributed by atoms with E-state index in [4.69, 9.17) is 4.74 Å². The molecule has 1 aromatic heterocycles. The van der Waals surface area contributed by atoms with Gasteiger partial charge in [-0.25, -0.2) is 9.78 Å². The van der Waals surface area contributed by atoms with Crippen molar-refractivity contribution in [3.8, 4) is 0 Å². The summed E-state index contributed by atoms with van der Waals surface area (Å²) in [6.07, 6.45) is 3.23. The van der Waals surface area contributed by atoms with Crippen molar-refractivity contribution in [2.45, 2.75) is 32.7 Å². The van der Waals surface area contributed by atoms with Crippen LogP contribution in [0.15, 0.2) is 27.8 Å². The maximum Gasteiger partial charge on any atom is 0.337 e. The first-order chi connectivity index (χ1) is 11.6. The predicted octanol–water partition coefficient (Wildman–Crippen LogP) is 1.32. The Labute approximate surface area is 144 Å². The van der Waals surface area contributed by atoms with Crippen LogP contribution in [0.25, 0.3) is 0 Å². The molecule has 2 aliphatic rings. The molecule has 0 aliphatic carbocycles. The minimum Gasteiger partial charge on any atom is -0.463 e. The number of piperidine rings is 1. The molecule has 2 aliphatic heterocycles. The highest BCUT2D eigenvalue weighted by Crippen LogP contribution is 2.30. The minimum absolute atomic E-state index is 0.0259. The van der Waals surface area contributed by atoms with Crippen molar-refractivity contribution in [3.05, 3.63) is 27.9 Å². The van der Waals surface area contributed by atoms with Crippen LogP contribution in [0, 0.1) is 0 Å². The number of rotatable bonds is 4.